The Morgan fingerprint density at radius 2 is 1.79 bits per heavy atom. The summed E-state index contributed by atoms with van der Waals surface area (Å²) in [4.78, 5) is 30.1. The number of carboxylic acid groups (broad SMARTS) is 1. The van der Waals surface area contributed by atoms with E-state index in [0.717, 1.165) is 11.1 Å². The van der Waals surface area contributed by atoms with Crippen LogP contribution in [0.4, 0.5) is 5.69 Å². The Morgan fingerprint density at radius 3 is 2.52 bits per heavy atom. The number of carboxylic acids is 1. The van der Waals surface area contributed by atoms with Gasteiger partial charge in [-0.15, -0.1) is 0 Å². The summed E-state index contributed by atoms with van der Waals surface area (Å²) in [5.41, 5.74) is 2.32. The molecule has 0 aromatic heterocycles. The van der Waals surface area contributed by atoms with E-state index in [0.29, 0.717) is 33.1 Å². The molecule has 0 aliphatic carbocycles. The molecule has 0 radical (unpaired) electrons. The van der Waals surface area contributed by atoms with Gasteiger partial charge in [0.2, 0.25) is 0 Å². The molecule has 1 N–H and O–H groups in total. The Balaban J connectivity index is 1.44. The van der Waals surface area contributed by atoms with Gasteiger partial charge in [-0.2, -0.15) is 4.99 Å². The minimum atomic E-state index is -1.04. The van der Waals surface area contributed by atoms with E-state index < -0.39 is 5.97 Å². The Kier molecular flexibility index (Phi) is 6.82. The molecule has 1 aliphatic heterocycles. The molecule has 33 heavy (non-hydrogen) atoms. The molecule has 6 nitrogen and oxygen atoms in total. The third kappa shape index (κ3) is 5.27. The lowest BCUT2D eigenvalue weighted by Crippen LogP contribution is -2.24. The van der Waals surface area contributed by atoms with Crippen LogP contribution in [0.5, 0.6) is 5.75 Å². The highest BCUT2D eigenvalue weighted by Gasteiger charge is 2.27. The molecule has 1 heterocycles. The van der Waals surface area contributed by atoms with Gasteiger partial charge in [-0.25, -0.2) is 4.79 Å². The number of hydrogen-bond donors (Lipinski definition) is 1. The molecule has 0 bridgehead atoms. The monoisotopic (exact) mass is 478 g/mol. The van der Waals surface area contributed by atoms with Gasteiger partial charge in [-0.05, 0) is 53.7 Å². The van der Waals surface area contributed by atoms with Crippen molar-refractivity contribution in [2.75, 3.05) is 11.9 Å². The Bertz CT molecular complexity index is 1270. The van der Waals surface area contributed by atoms with Crippen LogP contribution in [0.15, 0.2) is 82.7 Å². The molecular formula is C25H19ClN2O4S. The van der Waals surface area contributed by atoms with Crippen molar-refractivity contribution in [2.45, 2.75) is 6.61 Å². The Morgan fingerprint density at radius 1 is 1.09 bits per heavy atom. The van der Waals surface area contributed by atoms with Gasteiger partial charge in [-0.1, -0.05) is 54.1 Å². The molecule has 8 heteroatoms. The van der Waals surface area contributed by atoms with Crippen molar-refractivity contribution in [3.05, 3.63) is 99.4 Å². The normalized spacial score (nSPS) is 14.3. The molecule has 0 fully saturated rings. The number of thioether (sulfide) groups is 1. The molecule has 4 rings (SSSR count). The number of amidine groups is 1. The van der Waals surface area contributed by atoms with E-state index in [1.54, 1.807) is 36.2 Å². The summed E-state index contributed by atoms with van der Waals surface area (Å²) in [5.74, 6) is -0.724. The highest BCUT2D eigenvalue weighted by Crippen LogP contribution is 2.33. The molecule has 0 unspecified atom stereocenters. The van der Waals surface area contributed by atoms with Crippen LogP contribution in [0.2, 0.25) is 5.02 Å². The zero-order valence-corrected chi connectivity index (χ0v) is 19.1. The number of amides is 1. The predicted octanol–water partition coefficient (Wildman–Crippen LogP) is 5.72. The first-order valence-corrected chi connectivity index (χ1v) is 11.2. The lowest BCUT2D eigenvalue weighted by molar-refractivity contribution is -0.113. The van der Waals surface area contributed by atoms with Gasteiger partial charge in [0.1, 0.15) is 12.4 Å². The first kappa shape index (κ1) is 22.6. The first-order chi connectivity index (χ1) is 15.9. The van der Waals surface area contributed by atoms with Crippen LogP contribution < -0.4 is 9.64 Å². The van der Waals surface area contributed by atoms with Crippen molar-refractivity contribution in [1.82, 2.24) is 0 Å². The fourth-order valence-electron chi connectivity index (χ4n) is 3.18. The lowest BCUT2D eigenvalue weighted by atomic mass is 10.1. The predicted molar refractivity (Wildman–Crippen MR) is 132 cm³/mol. The number of rotatable bonds is 6. The molecule has 3 aromatic rings. The van der Waals surface area contributed by atoms with Crippen LogP contribution in [0.1, 0.15) is 21.5 Å². The van der Waals surface area contributed by atoms with Gasteiger partial charge >= 0.3 is 5.97 Å². The molecular weight excluding hydrogens is 460 g/mol. The van der Waals surface area contributed by atoms with Crippen LogP contribution in [0.3, 0.4) is 0 Å². The number of anilines is 1. The van der Waals surface area contributed by atoms with Gasteiger partial charge in [0.05, 0.1) is 16.2 Å². The number of aromatic carboxylic acids is 1. The van der Waals surface area contributed by atoms with Crippen molar-refractivity contribution >= 4 is 52.2 Å². The number of benzene rings is 3. The smallest absolute Gasteiger partial charge is 0.337 e. The topological polar surface area (TPSA) is 79.2 Å². The summed E-state index contributed by atoms with van der Waals surface area (Å²) in [6, 6.07) is 21.5. The largest absolute Gasteiger partial charge is 0.489 e. The van der Waals surface area contributed by atoms with E-state index in [-0.39, 0.29) is 11.5 Å². The molecule has 1 amide bonds. The minimum Gasteiger partial charge on any atom is -0.489 e. The lowest BCUT2D eigenvalue weighted by Gasteiger charge is -2.19. The van der Waals surface area contributed by atoms with Crippen molar-refractivity contribution in [3.63, 3.8) is 0 Å². The number of nitrogens with zero attached hydrogens (tertiary/aromatic N) is 2. The number of carbonyl (C=O) groups is 2. The van der Waals surface area contributed by atoms with Crippen molar-refractivity contribution < 1.29 is 19.4 Å². The van der Waals surface area contributed by atoms with Crippen molar-refractivity contribution in [2.24, 2.45) is 4.99 Å². The summed E-state index contributed by atoms with van der Waals surface area (Å²) >= 11 is 7.36. The van der Waals surface area contributed by atoms with E-state index >= 15 is 0 Å². The van der Waals surface area contributed by atoms with E-state index in [1.165, 1.54) is 17.8 Å². The fraction of sp³-hybridized carbons (Fsp3) is 0.0800. The third-order valence-corrected chi connectivity index (χ3v) is 6.35. The SMILES string of the molecule is CN(C1=NC(=O)/C(=C/c2ccc(OCc3ccccc3Cl)cc2)S1)c1ccccc1C(=O)O. The van der Waals surface area contributed by atoms with E-state index in [2.05, 4.69) is 4.99 Å². The third-order valence-electron chi connectivity index (χ3n) is 4.92. The van der Waals surface area contributed by atoms with Gasteiger partial charge in [-0.3, -0.25) is 4.79 Å². The Hall–Kier alpha value is -3.55. The summed E-state index contributed by atoms with van der Waals surface area (Å²) in [6.07, 6.45) is 1.75. The number of hydrogen-bond acceptors (Lipinski definition) is 5. The first-order valence-electron chi connectivity index (χ1n) is 9.97. The number of para-hydroxylation sites is 1. The summed E-state index contributed by atoms with van der Waals surface area (Å²) in [7, 11) is 1.69. The van der Waals surface area contributed by atoms with Gasteiger partial charge in [0, 0.05) is 17.6 Å². The maximum Gasteiger partial charge on any atom is 0.337 e. The average molecular weight is 479 g/mol. The average Bonchev–Trinajstić information content (AvgIpc) is 3.19. The summed E-state index contributed by atoms with van der Waals surface area (Å²) in [5, 5.41) is 10.5. The molecule has 1 aliphatic rings. The molecule has 3 aromatic carbocycles. The molecule has 0 saturated carbocycles. The maximum absolute atomic E-state index is 12.4. The molecule has 0 atom stereocenters. The van der Waals surface area contributed by atoms with Crippen molar-refractivity contribution in [3.8, 4) is 5.75 Å². The Labute approximate surface area is 200 Å². The van der Waals surface area contributed by atoms with E-state index in [1.807, 2.05) is 48.5 Å². The summed E-state index contributed by atoms with van der Waals surface area (Å²) < 4.78 is 5.79. The zero-order chi connectivity index (χ0) is 23.4. The van der Waals surface area contributed by atoms with Crippen LogP contribution in [0, 0.1) is 0 Å². The maximum atomic E-state index is 12.4. The van der Waals surface area contributed by atoms with Gasteiger partial charge < -0.3 is 14.7 Å². The number of halogens is 1. The van der Waals surface area contributed by atoms with Crippen LogP contribution in [0.25, 0.3) is 6.08 Å². The standard InChI is InChI=1S/C25H19ClN2O4S/c1-28(21-9-5-3-7-19(21)24(30)31)25-27-23(29)22(33-25)14-16-10-12-18(13-11-16)32-15-17-6-2-4-8-20(17)26/h2-14H,15H2,1H3,(H,30,31)/b22-14-. The second kappa shape index (κ2) is 9.94. The quantitative estimate of drug-likeness (QED) is 0.456. The zero-order valence-electron chi connectivity index (χ0n) is 17.6. The molecule has 0 saturated heterocycles. The second-order valence-corrected chi connectivity index (χ2v) is 8.56. The van der Waals surface area contributed by atoms with E-state index in [4.69, 9.17) is 16.3 Å². The highest BCUT2D eigenvalue weighted by atomic mass is 35.5. The number of aliphatic imine (C=N–C) groups is 1. The van der Waals surface area contributed by atoms with Crippen LogP contribution in [-0.4, -0.2) is 29.2 Å². The van der Waals surface area contributed by atoms with E-state index in [9.17, 15) is 14.7 Å². The second-order valence-electron chi connectivity index (χ2n) is 7.14. The number of carbonyl (C=O) groups excluding carboxylic acids is 1. The van der Waals surface area contributed by atoms with Crippen molar-refractivity contribution in [1.29, 1.82) is 0 Å². The minimum absolute atomic E-state index is 0.139. The van der Waals surface area contributed by atoms with Crippen LogP contribution >= 0.6 is 23.4 Å². The molecule has 166 valence electrons. The summed E-state index contributed by atoms with van der Waals surface area (Å²) in [6.45, 7) is 0.357. The van der Waals surface area contributed by atoms with Crippen LogP contribution in [-0.2, 0) is 11.4 Å². The highest BCUT2D eigenvalue weighted by molar-refractivity contribution is 8.18. The van der Waals surface area contributed by atoms with Gasteiger partial charge in [0.25, 0.3) is 5.91 Å². The fourth-order valence-corrected chi connectivity index (χ4v) is 4.26. The number of ether oxygens (including phenoxy) is 1. The molecule has 0 spiro atoms. The van der Waals surface area contributed by atoms with Gasteiger partial charge in [0.15, 0.2) is 5.17 Å².